The van der Waals surface area contributed by atoms with Crippen LogP contribution in [0.3, 0.4) is 0 Å². The van der Waals surface area contributed by atoms with Gasteiger partial charge >= 0.3 is 176 Å². The second kappa shape index (κ2) is 9.96. The molecule has 1 aromatic carbocycles. The van der Waals surface area contributed by atoms with Crippen LogP contribution in [-0.4, -0.2) is 69.9 Å². The number of likely N-dealkylation sites (N-methyl/N-ethyl adjacent to an activating group) is 1. The van der Waals surface area contributed by atoms with E-state index in [1.165, 1.54) is 16.0 Å². The summed E-state index contributed by atoms with van der Waals surface area (Å²) in [5.41, 5.74) is -0.403. The zero-order chi connectivity index (χ0) is 20.9. The van der Waals surface area contributed by atoms with Gasteiger partial charge in [-0.25, -0.2) is 0 Å². The summed E-state index contributed by atoms with van der Waals surface area (Å²) in [5.74, 6) is 0. The Morgan fingerprint density at radius 3 is 2.34 bits per heavy atom. The van der Waals surface area contributed by atoms with Crippen molar-refractivity contribution in [2.45, 2.75) is 24.4 Å². The molecule has 8 heteroatoms. The van der Waals surface area contributed by atoms with Crippen LogP contribution in [0.4, 0.5) is 13.2 Å². The first-order chi connectivity index (χ1) is 13.8. The van der Waals surface area contributed by atoms with Crippen LogP contribution >= 0.6 is 0 Å². The van der Waals surface area contributed by atoms with Crippen LogP contribution < -0.4 is 9.91 Å². The molecule has 0 saturated carbocycles. The van der Waals surface area contributed by atoms with Gasteiger partial charge in [0.05, 0.1) is 0 Å². The van der Waals surface area contributed by atoms with Crippen molar-refractivity contribution < 1.29 is 13.2 Å². The monoisotopic (exact) mass is 469 g/mol. The molecule has 1 atom stereocenters. The maximum atomic E-state index is 12.9. The topological polar surface area (TPSA) is 28.5 Å². The predicted molar refractivity (Wildman–Crippen MR) is 111 cm³/mol. The SMILES string of the molecule is CN1CCN(CCC[AsH]c2ccc(Cn3cc(C(F)(F)F)ccc3=O)cc2)CC1. The van der Waals surface area contributed by atoms with Crippen LogP contribution in [0.5, 0.6) is 0 Å². The number of nitrogens with zero attached hydrogens (tertiary/aromatic N) is 3. The van der Waals surface area contributed by atoms with Gasteiger partial charge in [-0.3, -0.25) is 0 Å². The van der Waals surface area contributed by atoms with E-state index in [-0.39, 0.29) is 22.3 Å². The van der Waals surface area contributed by atoms with E-state index < -0.39 is 17.3 Å². The third kappa shape index (κ3) is 6.73. The quantitative estimate of drug-likeness (QED) is 0.459. The Morgan fingerprint density at radius 1 is 1.00 bits per heavy atom. The zero-order valence-corrected chi connectivity index (χ0v) is 18.7. The van der Waals surface area contributed by atoms with Crippen molar-refractivity contribution >= 4 is 20.1 Å². The predicted octanol–water partition coefficient (Wildman–Crippen LogP) is 2.03. The van der Waals surface area contributed by atoms with Crippen molar-refractivity contribution in [3.8, 4) is 0 Å². The molecular formula is C21H27AsF3N3O. The second-order valence-electron chi connectivity index (χ2n) is 7.50. The van der Waals surface area contributed by atoms with Gasteiger partial charge in [-0.2, -0.15) is 0 Å². The van der Waals surface area contributed by atoms with E-state index in [1.54, 1.807) is 0 Å². The van der Waals surface area contributed by atoms with Gasteiger partial charge in [-0.1, -0.05) is 0 Å². The Kier molecular flexibility index (Phi) is 7.60. The van der Waals surface area contributed by atoms with Gasteiger partial charge in [0.1, 0.15) is 0 Å². The number of hydrogen-bond acceptors (Lipinski definition) is 3. The summed E-state index contributed by atoms with van der Waals surface area (Å²) in [7, 11) is 2.16. The molecule has 1 unspecified atom stereocenters. The summed E-state index contributed by atoms with van der Waals surface area (Å²) in [4.78, 5) is 16.8. The van der Waals surface area contributed by atoms with Crippen molar-refractivity contribution in [1.82, 2.24) is 14.4 Å². The maximum absolute atomic E-state index is 12.9. The van der Waals surface area contributed by atoms with Crippen LogP contribution in [0.15, 0.2) is 47.4 Å². The normalized spacial score (nSPS) is 16.7. The molecule has 29 heavy (non-hydrogen) atoms. The molecule has 3 rings (SSSR count). The molecule has 1 aliphatic rings. The Bertz CT molecular complexity index is 843. The fraction of sp³-hybridized carbons (Fsp3) is 0.476. The molecule has 1 fully saturated rings. The van der Waals surface area contributed by atoms with E-state index in [0.29, 0.717) is 0 Å². The van der Waals surface area contributed by atoms with Crippen molar-refractivity contribution in [2.75, 3.05) is 39.8 Å². The first-order valence-corrected chi connectivity index (χ1v) is 12.4. The molecule has 158 valence electrons. The Hall–Kier alpha value is -1.56. The molecule has 1 aliphatic heterocycles. The summed E-state index contributed by atoms with van der Waals surface area (Å²) < 4.78 is 41.0. The first-order valence-electron chi connectivity index (χ1n) is 9.83. The molecule has 4 nitrogen and oxygen atoms in total. The molecule has 0 amide bonds. The molecule has 0 spiro atoms. The van der Waals surface area contributed by atoms with E-state index >= 15 is 0 Å². The summed E-state index contributed by atoms with van der Waals surface area (Å²) >= 11 is -0.210. The van der Waals surface area contributed by atoms with E-state index in [9.17, 15) is 18.0 Å². The molecule has 0 N–H and O–H groups in total. The van der Waals surface area contributed by atoms with E-state index in [1.807, 2.05) is 12.1 Å². The van der Waals surface area contributed by atoms with Gasteiger partial charge in [0.2, 0.25) is 0 Å². The summed E-state index contributed by atoms with van der Waals surface area (Å²) in [6.07, 6.45) is -2.35. The van der Waals surface area contributed by atoms with Crippen LogP contribution in [0.2, 0.25) is 5.21 Å². The Labute approximate surface area is 176 Å². The van der Waals surface area contributed by atoms with Crippen molar-refractivity contribution in [2.24, 2.45) is 0 Å². The van der Waals surface area contributed by atoms with Crippen LogP contribution in [0, 0.1) is 0 Å². The fourth-order valence-corrected chi connectivity index (χ4v) is 5.51. The van der Waals surface area contributed by atoms with Crippen LogP contribution in [-0.2, 0) is 12.7 Å². The fourth-order valence-electron chi connectivity index (χ4n) is 3.35. The zero-order valence-electron chi connectivity index (χ0n) is 16.6. The number of alkyl halides is 3. The number of halogens is 3. The number of aromatic nitrogens is 1. The molecule has 2 heterocycles. The van der Waals surface area contributed by atoms with E-state index in [2.05, 4.69) is 29.0 Å². The van der Waals surface area contributed by atoms with Gasteiger partial charge in [0.15, 0.2) is 0 Å². The van der Waals surface area contributed by atoms with Crippen molar-refractivity contribution in [3.63, 3.8) is 0 Å². The summed E-state index contributed by atoms with van der Waals surface area (Å²) in [6.45, 7) is 5.90. The summed E-state index contributed by atoms with van der Waals surface area (Å²) in [5, 5.41) is 1.23. The van der Waals surface area contributed by atoms with Crippen molar-refractivity contribution in [3.05, 3.63) is 64.1 Å². The molecule has 2 aromatic rings. The number of rotatable bonds is 7. The first kappa shape index (κ1) is 22.1. The summed E-state index contributed by atoms with van der Waals surface area (Å²) in [6, 6.07) is 9.77. The number of benzene rings is 1. The van der Waals surface area contributed by atoms with Gasteiger partial charge in [-0.05, 0) is 0 Å². The van der Waals surface area contributed by atoms with E-state index in [0.717, 1.165) is 61.2 Å². The molecule has 0 aliphatic carbocycles. The van der Waals surface area contributed by atoms with Crippen LogP contribution in [0.1, 0.15) is 17.5 Å². The van der Waals surface area contributed by atoms with Gasteiger partial charge in [-0.15, -0.1) is 0 Å². The Balaban J connectivity index is 1.48. The molecule has 0 bridgehead atoms. The standard InChI is InChI=1S/C21H27AsF3N3O/c1-26-11-13-27(14-12-26)10-2-9-22-19-6-3-17(4-7-19)15-28-16-18(21(23,24)25)5-8-20(28)29/h3-8,16,22H,2,9-15H2,1H3. The average Bonchev–Trinajstić information content (AvgIpc) is 2.68. The van der Waals surface area contributed by atoms with Crippen molar-refractivity contribution in [1.29, 1.82) is 0 Å². The molecule has 0 radical (unpaired) electrons. The number of hydrogen-bond donors (Lipinski definition) is 0. The molecule has 1 aromatic heterocycles. The van der Waals surface area contributed by atoms with E-state index in [4.69, 9.17) is 0 Å². The third-order valence-electron chi connectivity index (χ3n) is 5.19. The third-order valence-corrected chi connectivity index (χ3v) is 8.02. The number of pyridine rings is 1. The second-order valence-corrected chi connectivity index (χ2v) is 10.5. The van der Waals surface area contributed by atoms with Crippen LogP contribution in [0.25, 0.3) is 0 Å². The number of piperazine rings is 1. The van der Waals surface area contributed by atoms with Gasteiger partial charge in [0.25, 0.3) is 0 Å². The van der Waals surface area contributed by atoms with Gasteiger partial charge < -0.3 is 0 Å². The van der Waals surface area contributed by atoms with Gasteiger partial charge in [0, 0.05) is 0 Å². The average molecular weight is 469 g/mol. The Morgan fingerprint density at radius 2 is 1.69 bits per heavy atom. The molecular weight excluding hydrogens is 442 g/mol. The molecule has 1 saturated heterocycles. The minimum atomic E-state index is -4.45. The minimum absolute atomic E-state index is 0.145.